The van der Waals surface area contributed by atoms with Gasteiger partial charge < -0.3 is 16.2 Å². The van der Waals surface area contributed by atoms with Crippen molar-refractivity contribution in [1.29, 1.82) is 0 Å². The van der Waals surface area contributed by atoms with Crippen LogP contribution in [0, 0.1) is 0 Å². The molecule has 0 saturated carbocycles. The fraction of sp³-hybridized carbons (Fsp3) is 0.312. The lowest BCUT2D eigenvalue weighted by Crippen LogP contribution is -2.41. The first-order valence-corrected chi connectivity index (χ1v) is 7.70. The van der Waals surface area contributed by atoms with Gasteiger partial charge in [-0.1, -0.05) is 12.1 Å². The molecule has 112 valence electrons. The average molecular weight is 304 g/mol. The van der Waals surface area contributed by atoms with Gasteiger partial charge in [0.1, 0.15) is 0 Å². The SMILES string of the molecule is CC(C)(C(=O)NCC(O)c1ccsc1)c1ccc(N)cc1. The Morgan fingerprint density at radius 1 is 1.33 bits per heavy atom. The normalized spacial score (nSPS) is 12.9. The lowest BCUT2D eigenvalue weighted by atomic mass is 9.83. The van der Waals surface area contributed by atoms with E-state index >= 15 is 0 Å². The van der Waals surface area contributed by atoms with E-state index in [0.717, 1.165) is 11.1 Å². The van der Waals surface area contributed by atoms with Crippen molar-refractivity contribution in [1.82, 2.24) is 5.32 Å². The van der Waals surface area contributed by atoms with Crippen LogP contribution in [-0.4, -0.2) is 17.6 Å². The van der Waals surface area contributed by atoms with E-state index in [9.17, 15) is 9.90 Å². The highest BCUT2D eigenvalue weighted by Gasteiger charge is 2.29. The Kier molecular flexibility index (Phi) is 4.65. The molecule has 0 radical (unpaired) electrons. The van der Waals surface area contributed by atoms with E-state index in [1.165, 1.54) is 11.3 Å². The van der Waals surface area contributed by atoms with E-state index in [4.69, 9.17) is 5.73 Å². The van der Waals surface area contributed by atoms with Crippen molar-refractivity contribution in [2.45, 2.75) is 25.4 Å². The minimum atomic E-state index is -0.679. The zero-order valence-corrected chi connectivity index (χ0v) is 13.0. The number of nitrogens with one attached hydrogen (secondary N) is 1. The van der Waals surface area contributed by atoms with Crippen LogP contribution in [0.15, 0.2) is 41.1 Å². The van der Waals surface area contributed by atoms with Crippen LogP contribution in [0.3, 0.4) is 0 Å². The molecule has 2 aromatic rings. The van der Waals surface area contributed by atoms with Crippen LogP contribution >= 0.6 is 11.3 Å². The molecule has 0 aliphatic carbocycles. The van der Waals surface area contributed by atoms with Crippen LogP contribution in [0.2, 0.25) is 0 Å². The van der Waals surface area contributed by atoms with Gasteiger partial charge in [-0.3, -0.25) is 4.79 Å². The summed E-state index contributed by atoms with van der Waals surface area (Å²) >= 11 is 1.52. The first kappa shape index (κ1) is 15.5. The molecule has 0 spiro atoms. The standard InChI is InChI=1S/C16H20N2O2S/c1-16(2,12-3-5-13(17)6-4-12)15(20)18-9-14(19)11-7-8-21-10-11/h3-8,10,14,19H,9,17H2,1-2H3,(H,18,20). The Bertz CT molecular complexity index is 591. The van der Waals surface area contributed by atoms with Crippen molar-refractivity contribution in [2.24, 2.45) is 0 Å². The molecule has 4 nitrogen and oxygen atoms in total. The van der Waals surface area contributed by atoms with E-state index in [1.807, 2.05) is 42.8 Å². The molecule has 1 heterocycles. The second-order valence-electron chi connectivity index (χ2n) is 5.53. The van der Waals surface area contributed by atoms with Gasteiger partial charge in [-0.25, -0.2) is 0 Å². The summed E-state index contributed by atoms with van der Waals surface area (Å²) in [5, 5.41) is 16.6. The predicted molar refractivity (Wildman–Crippen MR) is 86.2 cm³/mol. The summed E-state index contributed by atoms with van der Waals surface area (Å²) in [7, 11) is 0. The molecule has 1 aromatic heterocycles. The third kappa shape index (κ3) is 3.62. The third-order valence-electron chi connectivity index (χ3n) is 3.58. The molecular weight excluding hydrogens is 284 g/mol. The quantitative estimate of drug-likeness (QED) is 0.743. The van der Waals surface area contributed by atoms with Gasteiger partial charge in [0.2, 0.25) is 5.91 Å². The number of rotatable bonds is 5. The molecule has 2 rings (SSSR count). The number of thiophene rings is 1. The lowest BCUT2D eigenvalue weighted by Gasteiger charge is -2.25. The zero-order valence-electron chi connectivity index (χ0n) is 12.2. The number of benzene rings is 1. The van der Waals surface area contributed by atoms with E-state index in [0.29, 0.717) is 5.69 Å². The first-order valence-electron chi connectivity index (χ1n) is 6.75. The lowest BCUT2D eigenvalue weighted by molar-refractivity contribution is -0.126. The first-order chi connectivity index (χ1) is 9.91. The van der Waals surface area contributed by atoms with Crippen molar-refractivity contribution in [3.05, 3.63) is 52.2 Å². The van der Waals surface area contributed by atoms with Crippen LogP contribution in [0.25, 0.3) is 0 Å². The Balaban J connectivity index is 2.00. The summed E-state index contributed by atoms with van der Waals surface area (Å²) in [6, 6.07) is 9.12. The minimum Gasteiger partial charge on any atom is -0.399 e. The number of nitrogen functional groups attached to an aromatic ring is 1. The molecule has 1 atom stereocenters. The van der Waals surface area contributed by atoms with Crippen LogP contribution in [-0.2, 0) is 10.2 Å². The summed E-state index contributed by atoms with van der Waals surface area (Å²) < 4.78 is 0. The van der Waals surface area contributed by atoms with Gasteiger partial charge in [-0.15, -0.1) is 0 Å². The van der Waals surface area contributed by atoms with Crippen LogP contribution in [0.1, 0.15) is 31.1 Å². The van der Waals surface area contributed by atoms with Crippen LogP contribution in [0.5, 0.6) is 0 Å². The van der Waals surface area contributed by atoms with E-state index < -0.39 is 11.5 Å². The largest absolute Gasteiger partial charge is 0.399 e. The number of amides is 1. The summed E-state index contributed by atoms with van der Waals surface area (Å²) in [6.07, 6.45) is -0.678. The second-order valence-corrected chi connectivity index (χ2v) is 6.31. The van der Waals surface area contributed by atoms with E-state index in [1.54, 1.807) is 12.1 Å². The number of aliphatic hydroxyl groups is 1. The Morgan fingerprint density at radius 3 is 2.57 bits per heavy atom. The molecule has 5 heteroatoms. The highest BCUT2D eigenvalue weighted by molar-refractivity contribution is 7.07. The summed E-state index contributed by atoms with van der Waals surface area (Å²) in [5.41, 5.74) is 7.37. The molecule has 21 heavy (non-hydrogen) atoms. The minimum absolute atomic E-state index is 0.124. The van der Waals surface area contributed by atoms with Crippen molar-refractivity contribution in [2.75, 3.05) is 12.3 Å². The Morgan fingerprint density at radius 2 is 2.00 bits per heavy atom. The second kappa shape index (κ2) is 6.28. The topological polar surface area (TPSA) is 75.3 Å². The van der Waals surface area contributed by atoms with Gasteiger partial charge in [0.05, 0.1) is 11.5 Å². The molecule has 1 unspecified atom stereocenters. The predicted octanol–water partition coefficient (Wildman–Crippen LogP) is 2.46. The van der Waals surface area contributed by atoms with Crippen molar-refractivity contribution in [3.8, 4) is 0 Å². The molecular formula is C16H20N2O2S. The molecule has 4 N–H and O–H groups in total. The summed E-state index contributed by atoms with van der Waals surface area (Å²) in [5.74, 6) is -0.124. The highest BCUT2D eigenvalue weighted by atomic mass is 32.1. The number of carbonyl (C=O) groups is 1. The number of carbonyl (C=O) groups excluding carboxylic acids is 1. The monoisotopic (exact) mass is 304 g/mol. The van der Waals surface area contributed by atoms with Crippen molar-refractivity contribution >= 4 is 22.9 Å². The van der Waals surface area contributed by atoms with Gasteiger partial charge >= 0.3 is 0 Å². The van der Waals surface area contributed by atoms with Gasteiger partial charge in [0.25, 0.3) is 0 Å². The fourth-order valence-corrected chi connectivity index (χ4v) is 2.73. The van der Waals surface area contributed by atoms with Crippen LogP contribution < -0.4 is 11.1 Å². The molecule has 0 aliphatic rings. The summed E-state index contributed by atoms with van der Waals surface area (Å²) in [4.78, 5) is 12.4. The number of aliphatic hydroxyl groups excluding tert-OH is 1. The number of hydrogen-bond donors (Lipinski definition) is 3. The van der Waals surface area contributed by atoms with Gasteiger partial charge in [0.15, 0.2) is 0 Å². The van der Waals surface area contributed by atoms with Gasteiger partial charge in [-0.05, 0) is 53.9 Å². The van der Waals surface area contributed by atoms with E-state index in [-0.39, 0.29) is 12.5 Å². The van der Waals surface area contributed by atoms with E-state index in [2.05, 4.69) is 5.32 Å². The molecule has 1 amide bonds. The molecule has 1 aromatic carbocycles. The maximum atomic E-state index is 12.4. The summed E-state index contributed by atoms with van der Waals surface area (Å²) in [6.45, 7) is 3.91. The molecule has 0 aliphatic heterocycles. The molecule has 0 saturated heterocycles. The van der Waals surface area contributed by atoms with Gasteiger partial charge in [0, 0.05) is 12.2 Å². The highest BCUT2D eigenvalue weighted by Crippen LogP contribution is 2.24. The van der Waals surface area contributed by atoms with Crippen molar-refractivity contribution in [3.63, 3.8) is 0 Å². The maximum absolute atomic E-state index is 12.4. The van der Waals surface area contributed by atoms with Crippen LogP contribution in [0.4, 0.5) is 5.69 Å². The number of nitrogens with two attached hydrogens (primary N) is 1. The number of hydrogen-bond acceptors (Lipinski definition) is 4. The number of anilines is 1. The molecule has 0 bridgehead atoms. The zero-order chi connectivity index (χ0) is 15.5. The smallest absolute Gasteiger partial charge is 0.230 e. The fourth-order valence-electron chi connectivity index (χ4n) is 2.02. The third-order valence-corrected chi connectivity index (χ3v) is 4.29. The molecule has 0 fully saturated rings. The van der Waals surface area contributed by atoms with Crippen molar-refractivity contribution < 1.29 is 9.90 Å². The van der Waals surface area contributed by atoms with Gasteiger partial charge in [-0.2, -0.15) is 11.3 Å². The Labute approximate surface area is 128 Å². The average Bonchev–Trinajstić information content (AvgIpc) is 2.99. The maximum Gasteiger partial charge on any atom is 0.230 e. The Hall–Kier alpha value is -1.85.